The molecule has 1 aromatic heterocycles. The first-order chi connectivity index (χ1) is 6.62. The number of hydrogen-bond acceptors (Lipinski definition) is 2. The minimum absolute atomic E-state index is 0.0382. The van der Waals surface area contributed by atoms with Gasteiger partial charge in [-0.05, 0) is 46.3 Å². The summed E-state index contributed by atoms with van der Waals surface area (Å²) in [4.78, 5) is 0. The molecule has 0 saturated heterocycles. The van der Waals surface area contributed by atoms with Gasteiger partial charge < -0.3 is 10.2 Å². The maximum absolute atomic E-state index is 6.23. The van der Waals surface area contributed by atoms with E-state index in [0.29, 0.717) is 0 Å². The van der Waals surface area contributed by atoms with Crippen LogP contribution in [0.15, 0.2) is 21.2 Å². The van der Waals surface area contributed by atoms with Crippen LogP contribution in [0.2, 0.25) is 0 Å². The van der Waals surface area contributed by atoms with Gasteiger partial charge in [0.1, 0.15) is 5.76 Å². The second kappa shape index (κ2) is 3.70. The fourth-order valence-corrected chi connectivity index (χ4v) is 2.65. The van der Waals surface area contributed by atoms with E-state index < -0.39 is 0 Å². The van der Waals surface area contributed by atoms with E-state index in [-0.39, 0.29) is 11.5 Å². The molecule has 1 fully saturated rings. The van der Waals surface area contributed by atoms with Crippen LogP contribution < -0.4 is 5.73 Å². The third-order valence-electron chi connectivity index (χ3n) is 3.40. The third-order valence-corrected chi connectivity index (χ3v) is 3.82. The van der Waals surface area contributed by atoms with Crippen molar-refractivity contribution in [3.05, 3.63) is 22.6 Å². The second-order valence-electron chi connectivity index (χ2n) is 4.48. The van der Waals surface area contributed by atoms with Crippen molar-refractivity contribution in [1.29, 1.82) is 0 Å². The fraction of sp³-hybridized carbons (Fsp3) is 0.636. The first-order valence-corrected chi connectivity index (χ1v) is 5.92. The van der Waals surface area contributed by atoms with Crippen LogP contribution in [0, 0.1) is 5.41 Å². The Morgan fingerprint density at radius 1 is 1.43 bits per heavy atom. The molecule has 0 spiro atoms. The summed E-state index contributed by atoms with van der Waals surface area (Å²) in [5.41, 5.74) is 6.47. The van der Waals surface area contributed by atoms with Crippen molar-refractivity contribution in [2.45, 2.75) is 38.6 Å². The SMILES string of the molecule is CC1(C(N)c2ccc(Br)o2)CCCC1. The summed E-state index contributed by atoms with van der Waals surface area (Å²) >= 11 is 3.30. The zero-order chi connectivity index (χ0) is 10.2. The van der Waals surface area contributed by atoms with Gasteiger partial charge in [-0.25, -0.2) is 0 Å². The Bertz CT molecular complexity index is 315. The molecule has 78 valence electrons. The number of halogens is 1. The number of hydrogen-bond donors (Lipinski definition) is 1. The minimum atomic E-state index is 0.0382. The van der Waals surface area contributed by atoms with Crippen LogP contribution in [0.4, 0.5) is 0 Å². The highest BCUT2D eigenvalue weighted by atomic mass is 79.9. The van der Waals surface area contributed by atoms with Crippen molar-refractivity contribution in [3.63, 3.8) is 0 Å². The largest absolute Gasteiger partial charge is 0.453 e. The van der Waals surface area contributed by atoms with E-state index >= 15 is 0 Å². The van der Waals surface area contributed by atoms with Gasteiger partial charge in [0, 0.05) is 0 Å². The molecule has 1 aliphatic carbocycles. The Balaban J connectivity index is 2.18. The lowest BCUT2D eigenvalue weighted by atomic mass is 9.80. The van der Waals surface area contributed by atoms with Crippen molar-refractivity contribution >= 4 is 15.9 Å². The Kier molecular flexibility index (Phi) is 2.71. The monoisotopic (exact) mass is 257 g/mol. The lowest BCUT2D eigenvalue weighted by molar-refractivity contribution is 0.234. The van der Waals surface area contributed by atoms with Crippen molar-refractivity contribution in [2.24, 2.45) is 11.1 Å². The molecule has 14 heavy (non-hydrogen) atoms. The normalized spacial score (nSPS) is 22.5. The Hall–Kier alpha value is -0.280. The van der Waals surface area contributed by atoms with E-state index in [0.717, 1.165) is 10.4 Å². The molecule has 1 unspecified atom stereocenters. The zero-order valence-corrected chi connectivity index (χ0v) is 10.0. The summed E-state index contributed by atoms with van der Waals surface area (Å²) in [6.07, 6.45) is 5.02. The van der Waals surface area contributed by atoms with Crippen molar-refractivity contribution in [3.8, 4) is 0 Å². The van der Waals surface area contributed by atoms with Crippen molar-refractivity contribution in [2.75, 3.05) is 0 Å². The van der Waals surface area contributed by atoms with Crippen LogP contribution in [0.25, 0.3) is 0 Å². The van der Waals surface area contributed by atoms with Crippen LogP contribution >= 0.6 is 15.9 Å². The lowest BCUT2D eigenvalue weighted by Crippen LogP contribution is -2.28. The molecule has 0 bridgehead atoms. The quantitative estimate of drug-likeness (QED) is 0.879. The average molecular weight is 258 g/mol. The summed E-state index contributed by atoms with van der Waals surface area (Å²) in [6.45, 7) is 2.26. The Morgan fingerprint density at radius 3 is 2.57 bits per heavy atom. The molecule has 2 N–H and O–H groups in total. The molecule has 2 rings (SSSR count). The van der Waals surface area contributed by atoms with Gasteiger partial charge in [-0.1, -0.05) is 19.8 Å². The molecular weight excluding hydrogens is 242 g/mol. The summed E-state index contributed by atoms with van der Waals surface area (Å²) in [5.74, 6) is 0.904. The molecule has 0 aliphatic heterocycles. The van der Waals surface area contributed by atoms with E-state index in [4.69, 9.17) is 10.2 Å². The van der Waals surface area contributed by atoms with Gasteiger partial charge >= 0.3 is 0 Å². The van der Waals surface area contributed by atoms with E-state index in [2.05, 4.69) is 22.9 Å². The summed E-state index contributed by atoms with van der Waals surface area (Å²) in [5, 5.41) is 0. The van der Waals surface area contributed by atoms with Crippen LogP contribution in [-0.4, -0.2) is 0 Å². The van der Waals surface area contributed by atoms with Gasteiger partial charge in [-0.2, -0.15) is 0 Å². The molecule has 0 radical (unpaired) electrons. The maximum atomic E-state index is 6.23. The summed E-state index contributed by atoms with van der Waals surface area (Å²) in [7, 11) is 0. The van der Waals surface area contributed by atoms with Gasteiger partial charge in [0.15, 0.2) is 4.67 Å². The molecule has 0 amide bonds. The predicted molar refractivity (Wildman–Crippen MR) is 59.9 cm³/mol. The van der Waals surface area contributed by atoms with Gasteiger partial charge in [0.05, 0.1) is 6.04 Å². The average Bonchev–Trinajstić information content (AvgIpc) is 2.74. The first-order valence-electron chi connectivity index (χ1n) is 5.13. The number of furan rings is 1. The molecule has 3 heteroatoms. The third kappa shape index (κ3) is 1.75. The zero-order valence-electron chi connectivity index (χ0n) is 8.42. The second-order valence-corrected chi connectivity index (χ2v) is 5.26. The van der Waals surface area contributed by atoms with E-state index in [1.54, 1.807) is 0 Å². The summed E-state index contributed by atoms with van der Waals surface area (Å²) < 4.78 is 6.28. The molecule has 0 aromatic carbocycles. The standard InChI is InChI=1S/C11H16BrNO/c1-11(6-2-3-7-11)10(13)8-4-5-9(12)14-8/h4-5,10H,2-3,6-7,13H2,1H3. The number of nitrogens with two attached hydrogens (primary N) is 1. The Morgan fingerprint density at radius 2 is 2.07 bits per heavy atom. The van der Waals surface area contributed by atoms with Crippen LogP contribution in [0.1, 0.15) is 44.4 Å². The highest BCUT2D eigenvalue weighted by molar-refractivity contribution is 9.10. The predicted octanol–water partition coefficient (Wildman–Crippen LogP) is 3.62. The van der Waals surface area contributed by atoms with Gasteiger partial charge in [-0.15, -0.1) is 0 Å². The van der Waals surface area contributed by atoms with Crippen LogP contribution in [-0.2, 0) is 0 Å². The Labute approximate surface area is 93.0 Å². The molecular formula is C11H16BrNO. The highest BCUT2D eigenvalue weighted by Gasteiger charge is 2.37. The minimum Gasteiger partial charge on any atom is -0.453 e. The van der Waals surface area contributed by atoms with Gasteiger partial charge in [0.2, 0.25) is 0 Å². The highest BCUT2D eigenvalue weighted by Crippen LogP contribution is 2.46. The van der Waals surface area contributed by atoms with E-state index in [1.807, 2.05) is 12.1 Å². The number of rotatable bonds is 2. The van der Waals surface area contributed by atoms with Crippen LogP contribution in [0.5, 0.6) is 0 Å². The summed E-state index contributed by atoms with van der Waals surface area (Å²) in [6, 6.07) is 3.92. The lowest BCUT2D eigenvalue weighted by Gasteiger charge is -2.29. The molecule has 1 aromatic rings. The van der Waals surface area contributed by atoms with E-state index in [9.17, 15) is 0 Å². The molecule has 1 saturated carbocycles. The molecule has 1 aliphatic rings. The first kappa shape index (κ1) is 10.2. The molecule has 1 atom stereocenters. The van der Waals surface area contributed by atoms with Crippen molar-refractivity contribution in [1.82, 2.24) is 0 Å². The van der Waals surface area contributed by atoms with Crippen molar-refractivity contribution < 1.29 is 4.42 Å². The smallest absolute Gasteiger partial charge is 0.169 e. The maximum Gasteiger partial charge on any atom is 0.169 e. The van der Waals surface area contributed by atoms with Crippen LogP contribution in [0.3, 0.4) is 0 Å². The van der Waals surface area contributed by atoms with Gasteiger partial charge in [-0.3, -0.25) is 0 Å². The fourth-order valence-electron chi connectivity index (χ4n) is 2.33. The molecule has 2 nitrogen and oxygen atoms in total. The van der Waals surface area contributed by atoms with E-state index in [1.165, 1.54) is 25.7 Å². The topological polar surface area (TPSA) is 39.2 Å². The molecule has 1 heterocycles. The van der Waals surface area contributed by atoms with Gasteiger partial charge in [0.25, 0.3) is 0 Å².